The molecule has 14 heavy (non-hydrogen) atoms. The number of nitrogens with zero attached hydrogens (tertiary/aromatic N) is 2. The van der Waals surface area contributed by atoms with Crippen molar-refractivity contribution in [3.05, 3.63) is 18.2 Å². The standard InChI is InChI=1S/C10H14N2O2/c13-10(14)9-5-11-7-12(9)6-8-3-1-2-4-8/h5,7-8H,1-4,6H2,(H,13,14). The molecule has 0 bridgehead atoms. The van der Waals surface area contributed by atoms with Gasteiger partial charge in [0.25, 0.3) is 0 Å². The zero-order chi connectivity index (χ0) is 9.97. The molecule has 0 saturated heterocycles. The molecule has 1 aromatic rings. The maximum absolute atomic E-state index is 10.8. The summed E-state index contributed by atoms with van der Waals surface area (Å²) in [7, 11) is 0. The average molecular weight is 194 g/mol. The predicted octanol–water partition coefficient (Wildman–Crippen LogP) is 1.77. The van der Waals surface area contributed by atoms with E-state index in [4.69, 9.17) is 5.11 Å². The van der Waals surface area contributed by atoms with Crippen molar-refractivity contribution in [3.63, 3.8) is 0 Å². The Hall–Kier alpha value is -1.32. The number of carbonyl (C=O) groups is 1. The number of aromatic carboxylic acids is 1. The first-order valence-corrected chi connectivity index (χ1v) is 5.01. The van der Waals surface area contributed by atoms with E-state index in [1.165, 1.54) is 31.9 Å². The molecule has 0 amide bonds. The van der Waals surface area contributed by atoms with Crippen molar-refractivity contribution in [1.82, 2.24) is 9.55 Å². The van der Waals surface area contributed by atoms with Gasteiger partial charge in [0.15, 0.2) is 0 Å². The number of hydrogen-bond acceptors (Lipinski definition) is 2. The molecule has 4 nitrogen and oxygen atoms in total. The largest absolute Gasteiger partial charge is 0.477 e. The van der Waals surface area contributed by atoms with Crippen LogP contribution in [0.2, 0.25) is 0 Å². The summed E-state index contributed by atoms with van der Waals surface area (Å²) >= 11 is 0. The monoisotopic (exact) mass is 194 g/mol. The molecular formula is C10H14N2O2. The topological polar surface area (TPSA) is 55.1 Å². The van der Waals surface area contributed by atoms with Crippen molar-refractivity contribution in [3.8, 4) is 0 Å². The van der Waals surface area contributed by atoms with Crippen LogP contribution in [0.4, 0.5) is 0 Å². The lowest BCUT2D eigenvalue weighted by Crippen LogP contribution is -2.12. The van der Waals surface area contributed by atoms with Crippen LogP contribution in [-0.2, 0) is 6.54 Å². The van der Waals surface area contributed by atoms with E-state index in [9.17, 15) is 4.79 Å². The van der Waals surface area contributed by atoms with Gasteiger partial charge in [0, 0.05) is 6.54 Å². The molecule has 1 aromatic heterocycles. The average Bonchev–Trinajstić information content (AvgIpc) is 2.75. The van der Waals surface area contributed by atoms with E-state index >= 15 is 0 Å². The lowest BCUT2D eigenvalue weighted by atomic mass is 10.1. The zero-order valence-electron chi connectivity index (χ0n) is 8.02. The number of imidazole rings is 1. The van der Waals surface area contributed by atoms with Gasteiger partial charge in [-0.1, -0.05) is 12.8 Å². The summed E-state index contributed by atoms with van der Waals surface area (Å²) in [5, 5.41) is 8.87. The van der Waals surface area contributed by atoms with Crippen LogP contribution in [0, 0.1) is 5.92 Å². The maximum atomic E-state index is 10.8. The summed E-state index contributed by atoms with van der Waals surface area (Å²) in [6, 6.07) is 0. The van der Waals surface area contributed by atoms with Crippen LogP contribution in [0.3, 0.4) is 0 Å². The summed E-state index contributed by atoms with van der Waals surface area (Å²) in [5.74, 6) is -0.247. The highest BCUT2D eigenvalue weighted by atomic mass is 16.4. The molecule has 0 radical (unpaired) electrons. The Kier molecular flexibility index (Phi) is 2.52. The number of aromatic nitrogens is 2. The van der Waals surface area contributed by atoms with E-state index < -0.39 is 5.97 Å². The molecule has 1 heterocycles. The van der Waals surface area contributed by atoms with Gasteiger partial charge in [0.2, 0.25) is 0 Å². The second-order valence-electron chi connectivity index (χ2n) is 3.89. The molecular weight excluding hydrogens is 180 g/mol. The Morgan fingerprint density at radius 2 is 2.29 bits per heavy atom. The third-order valence-electron chi connectivity index (χ3n) is 2.86. The first kappa shape index (κ1) is 9.24. The molecule has 1 aliphatic carbocycles. The Labute approximate surface area is 82.6 Å². The third kappa shape index (κ3) is 1.78. The highest BCUT2D eigenvalue weighted by Gasteiger charge is 2.18. The maximum Gasteiger partial charge on any atom is 0.354 e. The zero-order valence-corrected chi connectivity index (χ0v) is 8.02. The van der Waals surface area contributed by atoms with Crippen molar-refractivity contribution >= 4 is 5.97 Å². The van der Waals surface area contributed by atoms with Gasteiger partial charge in [-0.2, -0.15) is 0 Å². The summed E-state index contributed by atoms with van der Waals surface area (Å²) in [6.07, 6.45) is 8.02. The number of carboxylic acid groups (broad SMARTS) is 1. The van der Waals surface area contributed by atoms with Crippen LogP contribution in [-0.4, -0.2) is 20.6 Å². The van der Waals surface area contributed by atoms with Gasteiger partial charge < -0.3 is 9.67 Å². The second kappa shape index (κ2) is 3.82. The van der Waals surface area contributed by atoms with Gasteiger partial charge in [-0.15, -0.1) is 0 Å². The molecule has 76 valence electrons. The molecule has 1 N–H and O–H groups in total. The van der Waals surface area contributed by atoms with Crippen LogP contribution in [0.15, 0.2) is 12.5 Å². The van der Waals surface area contributed by atoms with Crippen LogP contribution >= 0.6 is 0 Å². The normalized spacial score (nSPS) is 17.4. The van der Waals surface area contributed by atoms with Crippen molar-refractivity contribution in [2.75, 3.05) is 0 Å². The van der Waals surface area contributed by atoms with Crippen molar-refractivity contribution in [2.45, 2.75) is 32.2 Å². The highest BCUT2D eigenvalue weighted by Crippen LogP contribution is 2.26. The van der Waals surface area contributed by atoms with Gasteiger partial charge in [0.1, 0.15) is 5.69 Å². The van der Waals surface area contributed by atoms with Crippen LogP contribution < -0.4 is 0 Å². The van der Waals surface area contributed by atoms with Crippen LogP contribution in [0.5, 0.6) is 0 Å². The van der Waals surface area contributed by atoms with E-state index in [0.29, 0.717) is 11.6 Å². The third-order valence-corrected chi connectivity index (χ3v) is 2.86. The van der Waals surface area contributed by atoms with Gasteiger partial charge >= 0.3 is 5.97 Å². The van der Waals surface area contributed by atoms with Crippen molar-refractivity contribution < 1.29 is 9.90 Å². The fraction of sp³-hybridized carbons (Fsp3) is 0.600. The first-order chi connectivity index (χ1) is 6.77. The Morgan fingerprint density at radius 3 is 2.93 bits per heavy atom. The second-order valence-corrected chi connectivity index (χ2v) is 3.89. The quantitative estimate of drug-likeness (QED) is 0.797. The minimum atomic E-state index is -0.888. The minimum Gasteiger partial charge on any atom is -0.477 e. The first-order valence-electron chi connectivity index (χ1n) is 5.01. The molecule has 0 unspecified atom stereocenters. The van der Waals surface area contributed by atoms with E-state index in [1.54, 1.807) is 10.9 Å². The summed E-state index contributed by atoms with van der Waals surface area (Å²) in [5.41, 5.74) is 0.303. The highest BCUT2D eigenvalue weighted by molar-refractivity contribution is 5.85. The Bertz CT molecular complexity index is 327. The fourth-order valence-electron chi connectivity index (χ4n) is 2.12. The molecule has 1 saturated carbocycles. The fourth-order valence-corrected chi connectivity index (χ4v) is 2.12. The summed E-state index contributed by atoms with van der Waals surface area (Å²) < 4.78 is 1.75. The van der Waals surface area contributed by atoms with Crippen LogP contribution in [0.1, 0.15) is 36.2 Å². The van der Waals surface area contributed by atoms with Gasteiger partial charge in [-0.05, 0) is 18.8 Å². The van der Waals surface area contributed by atoms with E-state index in [1.807, 2.05) is 0 Å². The number of carboxylic acids is 1. The lowest BCUT2D eigenvalue weighted by molar-refractivity contribution is 0.0684. The molecule has 4 heteroatoms. The van der Waals surface area contributed by atoms with Crippen molar-refractivity contribution in [1.29, 1.82) is 0 Å². The molecule has 2 rings (SSSR count). The molecule has 0 aromatic carbocycles. The molecule has 0 spiro atoms. The van der Waals surface area contributed by atoms with E-state index in [0.717, 1.165) is 6.54 Å². The summed E-state index contributed by atoms with van der Waals surface area (Å²) in [6.45, 7) is 0.807. The predicted molar refractivity (Wildman–Crippen MR) is 51.1 cm³/mol. The Morgan fingerprint density at radius 1 is 1.57 bits per heavy atom. The SMILES string of the molecule is O=C(O)c1cncn1CC1CCCC1. The summed E-state index contributed by atoms with van der Waals surface area (Å²) in [4.78, 5) is 14.7. The Balaban J connectivity index is 2.07. The molecule has 1 fully saturated rings. The van der Waals surface area contributed by atoms with Gasteiger partial charge in [-0.25, -0.2) is 9.78 Å². The van der Waals surface area contributed by atoms with Gasteiger partial charge in [0.05, 0.1) is 12.5 Å². The molecule has 1 aliphatic rings. The van der Waals surface area contributed by atoms with Crippen LogP contribution in [0.25, 0.3) is 0 Å². The van der Waals surface area contributed by atoms with E-state index in [-0.39, 0.29) is 0 Å². The smallest absolute Gasteiger partial charge is 0.354 e. The molecule has 0 atom stereocenters. The number of rotatable bonds is 3. The van der Waals surface area contributed by atoms with E-state index in [2.05, 4.69) is 4.98 Å². The minimum absolute atomic E-state index is 0.303. The number of hydrogen-bond donors (Lipinski definition) is 1. The van der Waals surface area contributed by atoms with Crippen molar-refractivity contribution in [2.24, 2.45) is 5.92 Å². The lowest BCUT2D eigenvalue weighted by Gasteiger charge is -2.10. The molecule has 0 aliphatic heterocycles. The van der Waals surface area contributed by atoms with Gasteiger partial charge in [-0.3, -0.25) is 0 Å².